The lowest BCUT2D eigenvalue weighted by Gasteiger charge is -2.37. The standard InChI is InChI=1S/C24H29ClN4O3S/c1-3-24(4-2,20-9-11-21(25)12-10-20)27-18-23(30)28-13-15-29(16-14-28)33(31,32)22-8-6-5-7-19(22)17-26/h5-12,27H,3-4,13-16,18H2,1-2H3. The van der Waals surface area contributed by atoms with E-state index in [1.807, 2.05) is 30.3 Å². The molecule has 0 spiro atoms. The Labute approximate surface area is 201 Å². The van der Waals surface area contributed by atoms with Gasteiger partial charge in [-0.25, -0.2) is 8.42 Å². The minimum Gasteiger partial charge on any atom is -0.339 e. The highest BCUT2D eigenvalue weighted by Gasteiger charge is 2.33. The molecule has 0 unspecified atom stereocenters. The summed E-state index contributed by atoms with van der Waals surface area (Å²) in [5.74, 6) is -0.0651. The first-order chi connectivity index (χ1) is 15.8. The van der Waals surface area contributed by atoms with Crippen LogP contribution in [0, 0.1) is 11.3 Å². The van der Waals surface area contributed by atoms with Gasteiger partial charge in [0.15, 0.2) is 0 Å². The van der Waals surface area contributed by atoms with Crippen LogP contribution in [0.1, 0.15) is 37.8 Å². The second kappa shape index (κ2) is 10.7. The van der Waals surface area contributed by atoms with Gasteiger partial charge in [-0.15, -0.1) is 0 Å². The molecule has 2 aromatic rings. The first-order valence-electron chi connectivity index (χ1n) is 11.1. The van der Waals surface area contributed by atoms with Crippen molar-refractivity contribution < 1.29 is 13.2 Å². The average Bonchev–Trinajstić information content (AvgIpc) is 2.85. The Morgan fingerprint density at radius 2 is 1.67 bits per heavy atom. The summed E-state index contributed by atoms with van der Waals surface area (Å²) in [7, 11) is -3.79. The molecule has 9 heteroatoms. The second-order valence-corrected chi connectivity index (χ2v) is 10.4. The second-order valence-electron chi connectivity index (χ2n) is 8.04. The minimum atomic E-state index is -3.79. The van der Waals surface area contributed by atoms with Crippen LogP contribution in [-0.4, -0.2) is 56.3 Å². The van der Waals surface area contributed by atoms with Gasteiger partial charge >= 0.3 is 0 Å². The highest BCUT2D eigenvalue weighted by atomic mass is 35.5. The number of benzene rings is 2. The number of sulfonamides is 1. The summed E-state index contributed by atoms with van der Waals surface area (Å²) in [5.41, 5.74) is 0.863. The van der Waals surface area contributed by atoms with E-state index in [2.05, 4.69) is 19.2 Å². The fraction of sp³-hybridized carbons (Fsp3) is 0.417. The van der Waals surface area contributed by atoms with Gasteiger partial charge in [0.1, 0.15) is 6.07 Å². The summed E-state index contributed by atoms with van der Waals surface area (Å²) in [4.78, 5) is 14.6. The van der Waals surface area contributed by atoms with Crippen molar-refractivity contribution in [3.8, 4) is 6.07 Å². The molecule has 176 valence electrons. The zero-order valence-electron chi connectivity index (χ0n) is 18.9. The van der Waals surface area contributed by atoms with Gasteiger partial charge < -0.3 is 4.90 Å². The van der Waals surface area contributed by atoms with E-state index >= 15 is 0 Å². The zero-order chi connectivity index (χ0) is 24.1. The van der Waals surface area contributed by atoms with Crippen LogP contribution in [0.4, 0.5) is 0 Å². The minimum absolute atomic E-state index is 0.00702. The van der Waals surface area contributed by atoms with Gasteiger partial charge in [0.05, 0.1) is 17.0 Å². The third-order valence-corrected chi connectivity index (χ3v) is 8.61. The Bertz CT molecular complexity index is 1120. The first kappa shape index (κ1) is 25.2. The predicted octanol–water partition coefficient (Wildman–Crippen LogP) is 3.35. The Morgan fingerprint density at radius 1 is 1.06 bits per heavy atom. The third kappa shape index (κ3) is 5.39. The summed E-state index contributed by atoms with van der Waals surface area (Å²) in [6.45, 7) is 5.32. The molecule has 1 aliphatic heterocycles. The van der Waals surface area contributed by atoms with Crippen molar-refractivity contribution in [3.63, 3.8) is 0 Å². The Kier molecular flexibility index (Phi) is 8.14. The van der Waals surface area contributed by atoms with E-state index in [9.17, 15) is 18.5 Å². The van der Waals surface area contributed by atoms with Gasteiger partial charge in [-0.05, 0) is 42.7 Å². The molecule has 0 aliphatic carbocycles. The van der Waals surface area contributed by atoms with Gasteiger partial charge in [-0.1, -0.05) is 49.7 Å². The van der Waals surface area contributed by atoms with E-state index in [4.69, 9.17) is 11.6 Å². The van der Waals surface area contributed by atoms with E-state index in [1.54, 1.807) is 17.0 Å². The Hall–Kier alpha value is -2.44. The van der Waals surface area contributed by atoms with E-state index in [1.165, 1.54) is 16.4 Å². The largest absolute Gasteiger partial charge is 0.339 e. The molecule has 1 N–H and O–H groups in total. The number of carbonyl (C=O) groups is 1. The molecule has 3 rings (SSSR count). The van der Waals surface area contributed by atoms with Crippen molar-refractivity contribution in [1.82, 2.24) is 14.5 Å². The molecule has 0 saturated carbocycles. The summed E-state index contributed by atoms with van der Waals surface area (Å²) in [6.07, 6.45) is 1.62. The third-order valence-electron chi connectivity index (χ3n) is 6.40. The van der Waals surface area contributed by atoms with Crippen molar-refractivity contribution in [2.24, 2.45) is 0 Å². The van der Waals surface area contributed by atoms with Gasteiger partial charge in [0.25, 0.3) is 0 Å². The average molecular weight is 489 g/mol. The van der Waals surface area contributed by atoms with Crippen molar-refractivity contribution >= 4 is 27.5 Å². The number of nitrogens with one attached hydrogen (secondary N) is 1. The maximum Gasteiger partial charge on any atom is 0.244 e. The first-order valence-corrected chi connectivity index (χ1v) is 12.9. The van der Waals surface area contributed by atoms with Gasteiger partial charge in [-0.3, -0.25) is 10.1 Å². The number of rotatable bonds is 8. The highest BCUT2D eigenvalue weighted by Crippen LogP contribution is 2.29. The smallest absolute Gasteiger partial charge is 0.244 e. The highest BCUT2D eigenvalue weighted by molar-refractivity contribution is 7.89. The Morgan fingerprint density at radius 3 is 2.24 bits per heavy atom. The van der Waals surface area contributed by atoms with Crippen molar-refractivity contribution in [2.75, 3.05) is 32.7 Å². The molecular weight excluding hydrogens is 460 g/mol. The van der Waals surface area contributed by atoms with Gasteiger partial charge in [0, 0.05) is 36.7 Å². The molecule has 0 atom stereocenters. The lowest BCUT2D eigenvalue weighted by atomic mass is 9.84. The van der Waals surface area contributed by atoms with E-state index in [0.29, 0.717) is 18.1 Å². The molecule has 1 fully saturated rings. The van der Waals surface area contributed by atoms with Crippen LogP contribution in [0.5, 0.6) is 0 Å². The number of piperazine rings is 1. The molecule has 0 radical (unpaired) electrons. The lowest BCUT2D eigenvalue weighted by molar-refractivity contribution is -0.131. The molecule has 0 aromatic heterocycles. The van der Waals surface area contributed by atoms with Crippen LogP contribution in [-0.2, 0) is 20.4 Å². The normalized spacial score (nSPS) is 15.3. The fourth-order valence-electron chi connectivity index (χ4n) is 4.24. The van der Waals surface area contributed by atoms with Gasteiger partial charge in [0.2, 0.25) is 15.9 Å². The van der Waals surface area contributed by atoms with E-state index < -0.39 is 10.0 Å². The molecule has 1 saturated heterocycles. The topological polar surface area (TPSA) is 93.5 Å². The predicted molar refractivity (Wildman–Crippen MR) is 128 cm³/mol. The number of nitrogens with zero attached hydrogens (tertiary/aromatic N) is 3. The SMILES string of the molecule is CCC(CC)(NCC(=O)N1CCN(S(=O)(=O)c2ccccc2C#N)CC1)c1ccc(Cl)cc1. The molecule has 1 amide bonds. The van der Waals surface area contributed by atoms with Gasteiger partial charge in [-0.2, -0.15) is 9.57 Å². The lowest BCUT2D eigenvalue weighted by Crippen LogP contribution is -2.54. The molecule has 7 nitrogen and oxygen atoms in total. The van der Waals surface area contributed by atoms with Crippen LogP contribution in [0.15, 0.2) is 53.4 Å². The van der Waals surface area contributed by atoms with E-state index in [0.717, 1.165) is 18.4 Å². The molecular formula is C24H29ClN4O3S. The van der Waals surface area contributed by atoms with Crippen LogP contribution in [0.2, 0.25) is 5.02 Å². The number of amides is 1. The van der Waals surface area contributed by atoms with Crippen molar-refractivity contribution in [2.45, 2.75) is 37.1 Å². The number of carbonyl (C=O) groups excluding carboxylic acids is 1. The summed E-state index contributed by atoms with van der Waals surface area (Å²) >= 11 is 6.03. The monoisotopic (exact) mass is 488 g/mol. The molecule has 33 heavy (non-hydrogen) atoms. The number of nitriles is 1. The Balaban J connectivity index is 1.63. The molecule has 2 aromatic carbocycles. The number of hydrogen-bond donors (Lipinski definition) is 1. The quantitative estimate of drug-likeness (QED) is 0.615. The summed E-state index contributed by atoms with van der Waals surface area (Å²) < 4.78 is 27.4. The maximum atomic E-state index is 13.0. The fourth-order valence-corrected chi connectivity index (χ4v) is 5.93. The number of hydrogen-bond acceptors (Lipinski definition) is 5. The molecule has 0 bridgehead atoms. The summed E-state index contributed by atoms with van der Waals surface area (Å²) in [5, 5.41) is 13.4. The van der Waals surface area contributed by atoms with Crippen molar-refractivity contribution in [1.29, 1.82) is 5.26 Å². The van der Waals surface area contributed by atoms with Crippen LogP contribution >= 0.6 is 11.6 Å². The van der Waals surface area contributed by atoms with Crippen LogP contribution in [0.3, 0.4) is 0 Å². The molecule has 1 heterocycles. The van der Waals surface area contributed by atoms with Crippen LogP contribution < -0.4 is 5.32 Å². The van der Waals surface area contributed by atoms with Crippen molar-refractivity contribution in [3.05, 3.63) is 64.7 Å². The maximum absolute atomic E-state index is 13.0. The van der Waals surface area contributed by atoms with Crippen LogP contribution in [0.25, 0.3) is 0 Å². The number of halogens is 1. The summed E-state index contributed by atoms with van der Waals surface area (Å²) in [6, 6.07) is 15.8. The molecule has 1 aliphatic rings. The van der Waals surface area contributed by atoms with E-state index in [-0.39, 0.29) is 41.5 Å². The zero-order valence-corrected chi connectivity index (χ0v) is 20.5.